The maximum atomic E-state index is 9.29. The number of allylic oxidation sites excluding steroid dienone is 2. The first-order valence-electron chi connectivity index (χ1n) is 5.86. The Hall–Kier alpha value is -1.98. The van der Waals surface area contributed by atoms with Gasteiger partial charge in [-0.2, -0.15) is 10.5 Å². The van der Waals surface area contributed by atoms with Crippen molar-refractivity contribution in [3.05, 3.63) is 22.6 Å². The van der Waals surface area contributed by atoms with Crippen molar-refractivity contribution in [2.75, 3.05) is 7.11 Å². The molecule has 1 aliphatic heterocycles. The molecule has 1 fully saturated rings. The van der Waals surface area contributed by atoms with E-state index >= 15 is 0 Å². The Morgan fingerprint density at radius 1 is 1.39 bits per heavy atom. The van der Waals surface area contributed by atoms with E-state index in [0.29, 0.717) is 24.3 Å². The maximum Gasteiger partial charge on any atom is 0.236 e. The number of nitriles is 2. The molecule has 0 saturated heterocycles. The average Bonchev–Trinajstić information content (AvgIpc) is 2.37. The quantitative estimate of drug-likeness (QED) is 0.758. The van der Waals surface area contributed by atoms with Crippen molar-refractivity contribution in [3.8, 4) is 12.1 Å². The van der Waals surface area contributed by atoms with Crippen molar-refractivity contribution in [3.63, 3.8) is 0 Å². The van der Waals surface area contributed by atoms with Crippen molar-refractivity contribution in [1.82, 2.24) is 0 Å². The van der Waals surface area contributed by atoms with Crippen LogP contribution in [0.2, 0.25) is 0 Å². The van der Waals surface area contributed by atoms with E-state index in [2.05, 4.69) is 13.0 Å². The lowest BCUT2D eigenvalue weighted by Gasteiger charge is -2.42. The Labute approximate surface area is 106 Å². The summed E-state index contributed by atoms with van der Waals surface area (Å²) in [6, 6.07) is 4.01. The molecule has 2 rings (SSSR count). The molecule has 0 bridgehead atoms. The molecule has 0 amide bonds. The number of hydrogen-bond donors (Lipinski definition) is 1. The largest absolute Gasteiger partial charge is 0.442 e. The second-order valence-electron chi connectivity index (χ2n) is 4.72. The molecule has 0 spiro atoms. The summed E-state index contributed by atoms with van der Waals surface area (Å²) in [5, 5.41) is 18.4. The SMILES string of the molecule is CO[C@@]12CC[C@@H](C)CC1=C(C#N)C(C#N)=C(N)O2. The Kier molecular flexibility index (Phi) is 3.02. The van der Waals surface area contributed by atoms with Crippen LogP contribution in [0, 0.1) is 28.6 Å². The van der Waals surface area contributed by atoms with Gasteiger partial charge >= 0.3 is 0 Å². The zero-order valence-electron chi connectivity index (χ0n) is 10.5. The molecule has 18 heavy (non-hydrogen) atoms. The van der Waals surface area contributed by atoms with Crippen LogP contribution in [0.15, 0.2) is 22.6 Å². The fourth-order valence-electron chi connectivity index (χ4n) is 2.60. The van der Waals surface area contributed by atoms with Gasteiger partial charge in [-0.25, -0.2) is 0 Å². The molecular formula is C13H15N3O2. The lowest BCUT2D eigenvalue weighted by molar-refractivity contribution is -0.190. The van der Waals surface area contributed by atoms with E-state index in [9.17, 15) is 5.26 Å². The monoisotopic (exact) mass is 245 g/mol. The van der Waals surface area contributed by atoms with Crippen LogP contribution in [-0.2, 0) is 9.47 Å². The van der Waals surface area contributed by atoms with Crippen LogP contribution in [0.4, 0.5) is 0 Å². The van der Waals surface area contributed by atoms with Gasteiger partial charge in [0, 0.05) is 19.1 Å². The zero-order valence-corrected chi connectivity index (χ0v) is 10.5. The number of rotatable bonds is 1. The normalized spacial score (nSPS) is 31.2. The van der Waals surface area contributed by atoms with Crippen molar-refractivity contribution in [2.24, 2.45) is 11.7 Å². The number of nitrogens with zero attached hydrogens (tertiary/aromatic N) is 2. The van der Waals surface area contributed by atoms with Gasteiger partial charge in [-0.15, -0.1) is 0 Å². The van der Waals surface area contributed by atoms with Crippen LogP contribution < -0.4 is 5.73 Å². The summed E-state index contributed by atoms with van der Waals surface area (Å²) in [6.45, 7) is 2.11. The second-order valence-corrected chi connectivity index (χ2v) is 4.72. The zero-order chi connectivity index (χ0) is 13.3. The van der Waals surface area contributed by atoms with Gasteiger partial charge in [0.1, 0.15) is 17.7 Å². The molecule has 1 saturated carbocycles. The number of fused-ring (bicyclic) bond motifs is 1. The summed E-state index contributed by atoms with van der Waals surface area (Å²) in [6.07, 6.45) is 2.27. The van der Waals surface area contributed by atoms with Crippen molar-refractivity contribution in [1.29, 1.82) is 10.5 Å². The maximum absolute atomic E-state index is 9.29. The molecular weight excluding hydrogens is 230 g/mol. The topological polar surface area (TPSA) is 92.1 Å². The summed E-state index contributed by atoms with van der Waals surface area (Å²) in [7, 11) is 1.54. The van der Waals surface area contributed by atoms with E-state index in [1.54, 1.807) is 0 Å². The predicted molar refractivity (Wildman–Crippen MR) is 63.3 cm³/mol. The van der Waals surface area contributed by atoms with Gasteiger partial charge in [-0.1, -0.05) is 6.92 Å². The van der Waals surface area contributed by atoms with E-state index in [4.69, 9.17) is 20.5 Å². The molecule has 0 aromatic carbocycles. The summed E-state index contributed by atoms with van der Waals surface area (Å²) in [4.78, 5) is 0. The number of nitrogens with two attached hydrogens (primary N) is 1. The van der Waals surface area contributed by atoms with Gasteiger partial charge in [-0.3, -0.25) is 0 Å². The summed E-state index contributed by atoms with van der Waals surface area (Å²) < 4.78 is 11.1. The summed E-state index contributed by atoms with van der Waals surface area (Å²) >= 11 is 0. The fraction of sp³-hybridized carbons (Fsp3) is 0.538. The number of hydrogen-bond acceptors (Lipinski definition) is 5. The number of ether oxygens (including phenoxy) is 2. The molecule has 0 aromatic heterocycles. The van der Waals surface area contributed by atoms with Gasteiger partial charge in [0.15, 0.2) is 0 Å². The lowest BCUT2D eigenvalue weighted by Crippen LogP contribution is -2.45. The van der Waals surface area contributed by atoms with Crippen molar-refractivity contribution < 1.29 is 9.47 Å². The second kappa shape index (κ2) is 4.36. The van der Waals surface area contributed by atoms with E-state index in [0.717, 1.165) is 12.0 Å². The Bertz CT molecular complexity index is 521. The minimum Gasteiger partial charge on any atom is -0.442 e. The highest BCUT2D eigenvalue weighted by Gasteiger charge is 2.47. The molecule has 2 aliphatic rings. The predicted octanol–water partition coefficient (Wildman–Crippen LogP) is 1.69. The third kappa shape index (κ3) is 1.64. The fourth-order valence-corrected chi connectivity index (χ4v) is 2.60. The van der Waals surface area contributed by atoms with Crippen LogP contribution in [0.1, 0.15) is 26.2 Å². The van der Waals surface area contributed by atoms with Gasteiger partial charge < -0.3 is 15.2 Å². The van der Waals surface area contributed by atoms with Gasteiger partial charge in [0.2, 0.25) is 11.7 Å². The van der Waals surface area contributed by atoms with Crippen molar-refractivity contribution in [2.45, 2.75) is 32.0 Å². The smallest absolute Gasteiger partial charge is 0.236 e. The molecule has 2 atom stereocenters. The Morgan fingerprint density at radius 2 is 2.06 bits per heavy atom. The molecule has 94 valence electrons. The first-order valence-corrected chi connectivity index (χ1v) is 5.86. The number of methoxy groups -OCH3 is 1. The van der Waals surface area contributed by atoms with Crippen LogP contribution >= 0.6 is 0 Å². The third-order valence-electron chi connectivity index (χ3n) is 3.60. The van der Waals surface area contributed by atoms with E-state index < -0.39 is 5.79 Å². The Morgan fingerprint density at radius 3 is 2.61 bits per heavy atom. The van der Waals surface area contributed by atoms with Gasteiger partial charge in [0.05, 0.1) is 5.57 Å². The van der Waals surface area contributed by atoms with Crippen molar-refractivity contribution >= 4 is 0 Å². The van der Waals surface area contributed by atoms with Gasteiger partial charge in [0.25, 0.3) is 0 Å². The molecule has 2 N–H and O–H groups in total. The summed E-state index contributed by atoms with van der Waals surface area (Å²) in [5.41, 5.74) is 6.91. The minimum atomic E-state index is -0.956. The molecule has 1 heterocycles. The van der Waals surface area contributed by atoms with Gasteiger partial charge in [-0.05, 0) is 18.8 Å². The minimum absolute atomic E-state index is 0.0193. The van der Waals surface area contributed by atoms with E-state index in [-0.39, 0.29) is 11.5 Å². The molecule has 5 nitrogen and oxygen atoms in total. The van der Waals surface area contributed by atoms with Crippen LogP contribution in [0.25, 0.3) is 0 Å². The molecule has 5 heteroatoms. The molecule has 0 radical (unpaired) electrons. The van der Waals surface area contributed by atoms with E-state index in [1.165, 1.54) is 7.11 Å². The van der Waals surface area contributed by atoms with Crippen LogP contribution in [-0.4, -0.2) is 12.9 Å². The standard InChI is InChI=1S/C13H15N3O2/c1-8-3-4-13(17-2)11(5-8)9(6-14)10(7-15)12(16)18-13/h8H,3-5,16H2,1-2H3/t8-,13-/m1/s1. The molecule has 0 unspecified atom stereocenters. The molecule has 0 aromatic rings. The highest BCUT2D eigenvalue weighted by atomic mass is 16.7. The molecule has 1 aliphatic carbocycles. The Balaban J connectivity index is 2.62. The third-order valence-corrected chi connectivity index (χ3v) is 3.60. The lowest BCUT2D eigenvalue weighted by atomic mass is 9.77. The summed E-state index contributed by atoms with van der Waals surface area (Å²) in [5.74, 6) is -0.536. The highest BCUT2D eigenvalue weighted by molar-refractivity contribution is 5.57. The first-order chi connectivity index (χ1) is 8.57. The van der Waals surface area contributed by atoms with Crippen LogP contribution in [0.5, 0.6) is 0 Å². The van der Waals surface area contributed by atoms with Crippen LogP contribution in [0.3, 0.4) is 0 Å². The highest BCUT2D eigenvalue weighted by Crippen LogP contribution is 2.46. The average molecular weight is 245 g/mol. The first kappa shape index (κ1) is 12.5. The van der Waals surface area contributed by atoms with E-state index in [1.807, 2.05) is 6.07 Å².